The van der Waals surface area contributed by atoms with Crippen LogP contribution in [0.3, 0.4) is 0 Å². The fourth-order valence-electron chi connectivity index (χ4n) is 2.25. The maximum Gasteiger partial charge on any atom is 0.357 e. The molecule has 1 amide bonds. The molecule has 0 saturated carbocycles. The number of hydrogen-bond donors (Lipinski definition) is 1. The first-order chi connectivity index (χ1) is 11.5. The van der Waals surface area contributed by atoms with E-state index in [1.54, 1.807) is 25.1 Å². The first-order valence-electron chi connectivity index (χ1n) is 8.04. The number of amides is 1. The molecular formula is C19H22N2O3. The van der Waals surface area contributed by atoms with Crippen LogP contribution in [-0.4, -0.2) is 23.0 Å². The summed E-state index contributed by atoms with van der Waals surface area (Å²) >= 11 is 0. The number of benzene rings is 1. The molecule has 0 saturated heterocycles. The van der Waals surface area contributed by atoms with E-state index < -0.39 is 12.1 Å². The number of esters is 1. The monoisotopic (exact) mass is 326 g/mol. The zero-order valence-electron chi connectivity index (χ0n) is 14.2. The topological polar surface area (TPSA) is 68.3 Å². The van der Waals surface area contributed by atoms with Crippen LogP contribution >= 0.6 is 0 Å². The van der Waals surface area contributed by atoms with Gasteiger partial charge in [0.05, 0.1) is 0 Å². The summed E-state index contributed by atoms with van der Waals surface area (Å²) in [7, 11) is 0. The van der Waals surface area contributed by atoms with Crippen molar-refractivity contribution in [2.24, 2.45) is 0 Å². The van der Waals surface area contributed by atoms with Crippen LogP contribution in [0.1, 0.15) is 49.2 Å². The first-order valence-corrected chi connectivity index (χ1v) is 8.04. The fourth-order valence-corrected chi connectivity index (χ4v) is 2.25. The average molecular weight is 326 g/mol. The van der Waals surface area contributed by atoms with Gasteiger partial charge in [0, 0.05) is 11.9 Å². The van der Waals surface area contributed by atoms with E-state index in [1.807, 2.05) is 24.3 Å². The number of carbonyl (C=O) groups is 2. The van der Waals surface area contributed by atoms with Gasteiger partial charge >= 0.3 is 5.97 Å². The standard InChI is InChI=1S/C19H22N2O3/c1-4-13(2)15-9-5-6-10-16(15)21-18(22)14(3)24-19(23)17-11-7-8-12-20-17/h5-14H,4H2,1-3H3,(H,21,22)/t13-,14+/m0/s1. The van der Waals surface area contributed by atoms with Gasteiger partial charge in [-0.15, -0.1) is 0 Å². The van der Waals surface area contributed by atoms with Crippen LogP contribution in [0, 0.1) is 0 Å². The number of anilines is 1. The summed E-state index contributed by atoms with van der Waals surface area (Å²) < 4.78 is 5.18. The highest BCUT2D eigenvalue weighted by Crippen LogP contribution is 2.26. The predicted octanol–water partition coefficient (Wildman–Crippen LogP) is 3.78. The van der Waals surface area contributed by atoms with Crippen molar-refractivity contribution in [3.8, 4) is 0 Å². The number of carbonyl (C=O) groups excluding carboxylic acids is 2. The van der Waals surface area contributed by atoms with E-state index in [0.717, 1.165) is 17.7 Å². The number of para-hydroxylation sites is 1. The van der Waals surface area contributed by atoms with Gasteiger partial charge in [-0.1, -0.05) is 38.1 Å². The van der Waals surface area contributed by atoms with Crippen LogP contribution in [0.25, 0.3) is 0 Å². The lowest BCUT2D eigenvalue weighted by atomic mass is 9.97. The molecular weight excluding hydrogens is 304 g/mol. The number of hydrogen-bond acceptors (Lipinski definition) is 4. The SMILES string of the molecule is CC[C@H](C)c1ccccc1NC(=O)[C@@H](C)OC(=O)c1ccccn1. The number of rotatable bonds is 6. The van der Waals surface area contributed by atoms with E-state index in [2.05, 4.69) is 24.1 Å². The highest BCUT2D eigenvalue weighted by atomic mass is 16.5. The molecule has 5 nitrogen and oxygen atoms in total. The Hall–Kier alpha value is -2.69. The van der Waals surface area contributed by atoms with Gasteiger partial charge in [0.2, 0.25) is 0 Å². The number of nitrogens with zero attached hydrogens (tertiary/aromatic N) is 1. The third-order valence-corrected chi connectivity index (χ3v) is 3.89. The van der Waals surface area contributed by atoms with Crippen molar-refractivity contribution in [2.75, 3.05) is 5.32 Å². The molecule has 1 N–H and O–H groups in total. The molecule has 0 radical (unpaired) electrons. The molecule has 0 bridgehead atoms. The molecule has 126 valence electrons. The molecule has 2 aromatic rings. The highest BCUT2D eigenvalue weighted by molar-refractivity contribution is 5.97. The van der Waals surface area contributed by atoms with Gasteiger partial charge in [-0.25, -0.2) is 9.78 Å². The molecule has 0 aliphatic carbocycles. The fraction of sp³-hybridized carbons (Fsp3) is 0.316. The van der Waals surface area contributed by atoms with Crippen molar-refractivity contribution >= 4 is 17.6 Å². The van der Waals surface area contributed by atoms with Crippen molar-refractivity contribution in [3.63, 3.8) is 0 Å². The average Bonchev–Trinajstić information content (AvgIpc) is 2.62. The van der Waals surface area contributed by atoms with Gasteiger partial charge in [0.25, 0.3) is 5.91 Å². The zero-order chi connectivity index (χ0) is 17.5. The summed E-state index contributed by atoms with van der Waals surface area (Å²) in [6.07, 6.45) is 1.56. The lowest BCUT2D eigenvalue weighted by Crippen LogP contribution is -2.30. The molecule has 5 heteroatoms. The smallest absolute Gasteiger partial charge is 0.357 e. The van der Waals surface area contributed by atoms with Crippen molar-refractivity contribution in [2.45, 2.75) is 39.2 Å². The second-order valence-electron chi connectivity index (χ2n) is 5.65. The second-order valence-corrected chi connectivity index (χ2v) is 5.65. The van der Waals surface area contributed by atoms with Gasteiger partial charge in [-0.2, -0.15) is 0 Å². The van der Waals surface area contributed by atoms with Crippen LogP contribution in [0.15, 0.2) is 48.7 Å². The number of nitrogens with one attached hydrogen (secondary N) is 1. The van der Waals surface area contributed by atoms with Gasteiger partial charge in [0.15, 0.2) is 6.10 Å². The Morgan fingerprint density at radius 1 is 1.12 bits per heavy atom. The molecule has 0 aliphatic rings. The summed E-state index contributed by atoms with van der Waals surface area (Å²) in [6.45, 7) is 5.75. The quantitative estimate of drug-likeness (QED) is 0.820. The summed E-state index contributed by atoms with van der Waals surface area (Å²) in [5.74, 6) is -0.656. The molecule has 24 heavy (non-hydrogen) atoms. The largest absolute Gasteiger partial charge is 0.448 e. The minimum Gasteiger partial charge on any atom is -0.448 e. The number of aromatic nitrogens is 1. The molecule has 0 aliphatic heterocycles. The molecule has 2 atom stereocenters. The summed E-state index contributed by atoms with van der Waals surface area (Å²) in [4.78, 5) is 28.2. The normalized spacial score (nSPS) is 13.0. The Bertz CT molecular complexity index is 701. The Morgan fingerprint density at radius 2 is 1.83 bits per heavy atom. The molecule has 0 spiro atoms. The van der Waals surface area contributed by atoms with Crippen molar-refractivity contribution in [1.29, 1.82) is 0 Å². The number of pyridine rings is 1. The van der Waals surface area contributed by atoms with Crippen molar-refractivity contribution in [3.05, 3.63) is 59.9 Å². The van der Waals surface area contributed by atoms with Gasteiger partial charge in [0.1, 0.15) is 5.69 Å². The van der Waals surface area contributed by atoms with Crippen LogP contribution in [0.4, 0.5) is 5.69 Å². The minimum absolute atomic E-state index is 0.178. The van der Waals surface area contributed by atoms with Gasteiger partial charge in [-0.3, -0.25) is 4.79 Å². The number of ether oxygens (including phenoxy) is 1. The molecule has 2 rings (SSSR count). The Morgan fingerprint density at radius 3 is 2.50 bits per heavy atom. The highest BCUT2D eigenvalue weighted by Gasteiger charge is 2.21. The van der Waals surface area contributed by atoms with Crippen molar-refractivity contribution < 1.29 is 14.3 Å². The summed E-state index contributed by atoms with van der Waals surface area (Å²) in [5, 5.41) is 2.85. The molecule has 0 fully saturated rings. The Kier molecular flexibility index (Phi) is 6.07. The first kappa shape index (κ1) is 17.7. The third-order valence-electron chi connectivity index (χ3n) is 3.89. The zero-order valence-corrected chi connectivity index (χ0v) is 14.2. The van der Waals surface area contributed by atoms with E-state index in [1.165, 1.54) is 6.20 Å². The predicted molar refractivity (Wildman–Crippen MR) is 92.9 cm³/mol. The summed E-state index contributed by atoms with van der Waals surface area (Å²) in [5.41, 5.74) is 1.99. The molecule has 1 aromatic heterocycles. The minimum atomic E-state index is -0.913. The van der Waals surface area contributed by atoms with Gasteiger partial charge in [-0.05, 0) is 43.0 Å². The van der Waals surface area contributed by atoms with Crippen molar-refractivity contribution in [1.82, 2.24) is 4.98 Å². The van der Waals surface area contributed by atoms with Crippen LogP contribution in [0.5, 0.6) is 0 Å². The maximum atomic E-state index is 12.3. The van der Waals surface area contributed by atoms with Crippen LogP contribution in [0.2, 0.25) is 0 Å². The maximum absolute atomic E-state index is 12.3. The Labute approximate surface area is 142 Å². The summed E-state index contributed by atoms with van der Waals surface area (Å²) in [6, 6.07) is 12.6. The third kappa shape index (κ3) is 4.41. The second kappa shape index (κ2) is 8.24. The lowest BCUT2D eigenvalue weighted by molar-refractivity contribution is -0.123. The Balaban J connectivity index is 2.03. The van der Waals surface area contributed by atoms with E-state index in [9.17, 15) is 9.59 Å². The molecule has 1 aromatic carbocycles. The van der Waals surface area contributed by atoms with E-state index in [4.69, 9.17) is 4.74 Å². The van der Waals surface area contributed by atoms with E-state index >= 15 is 0 Å². The molecule has 1 heterocycles. The lowest BCUT2D eigenvalue weighted by Gasteiger charge is -2.18. The molecule has 0 unspecified atom stereocenters. The van der Waals surface area contributed by atoms with Gasteiger partial charge < -0.3 is 10.1 Å². The van der Waals surface area contributed by atoms with Crippen LogP contribution in [-0.2, 0) is 9.53 Å². The van der Waals surface area contributed by atoms with Crippen LogP contribution < -0.4 is 5.32 Å². The van der Waals surface area contributed by atoms with E-state index in [0.29, 0.717) is 5.92 Å². The van der Waals surface area contributed by atoms with E-state index in [-0.39, 0.29) is 11.6 Å².